The van der Waals surface area contributed by atoms with Crippen LogP contribution in [0.1, 0.15) is 0 Å². The Morgan fingerprint density at radius 3 is 1.22 bits per heavy atom. The van der Waals surface area contributed by atoms with Crippen LogP contribution in [0.5, 0.6) is 23.0 Å². The number of hydrogen-bond acceptors (Lipinski definition) is 9. The molecule has 4 aromatic rings. The average Bonchev–Trinajstić information content (AvgIpc) is 2.68. The van der Waals surface area contributed by atoms with E-state index in [1.807, 2.05) is 0 Å². The summed E-state index contributed by atoms with van der Waals surface area (Å²) in [5, 5.41) is 1.92. The zero-order valence-electron chi connectivity index (χ0n) is 15.5. The van der Waals surface area contributed by atoms with Crippen LogP contribution in [0.25, 0.3) is 32.3 Å². The highest BCUT2D eigenvalue weighted by Gasteiger charge is 2.23. The molecular formula is C16H14O12P4. The lowest BCUT2D eigenvalue weighted by Crippen LogP contribution is -1.95. The molecule has 0 saturated heterocycles. The van der Waals surface area contributed by atoms with Crippen molar-refractivity contribution in [2.24, 2.45) is 0 Å². The highest BCUT2D eigenvalue weighted by molar-refractivity contribution is 7.39. The van der Waals surface area contributed by atoms with Gasteiger partial charge in [-0.25, -0.2) is 13.7 Å². The van der Waals surface area contributed by atoms with E-state index in [4.69, 9.17) is 18.1 Å². The molecule has 3 unspecified atom stereocenters. The fourth-order valence-electron chi connectivity index (χ4n) is 3.56. The average molecular weight is 522 g/mol. The van der Waals surface area contributed by atoms with E-state index in [0.717, 1.165) is 0 Å². The summed E-state index contributed by atoms with van der Waals surface area (Å²) in [5.41, 5.74) is 0. The fourth-order valence-corrected chi connectivity index (χ4v) is 4.96. The molecule has 0 bridgehead atoms. The number of benzene rings is 4. The first-order valence-electron chi connectivity index (χ1n) is 8.52. The van der Waals surface area contributed by atoms with E-state index in [0.29, 0.717) is 32.3 Å². The predicted molar refractivity (Wildman–Crippen MR) is 118 cm³/mol. The van der Waals surface area contributed by atoms with Gasteiger partial charge in [0.1, 0.15) is 23.0 Å². The minimum atomic E-state index is -3.47. The van der Waals surface area contributed by atoms with E-state index >= 15 is 0 Å². The molecule has 0 aliphatic heterocycles. The van der Waals surface area contributed by atoms with Gasteiger partial charge in [-0.1, -0.05) is 0 Å². The Labute approximate surface area is 181 Å². The van der Waals surface area contributed by atoms with Gasteiger partial charge in [0, 0.05) is 44.5 Å². The lowest BCUT2D eigenvalue weighted by Gasteiger charge is -2.19. The molecule has 3 atom stereocenters. The van der Waals surface area contributed by atoms with Crippen molar-refractivity contribution in [1.29, 1.82) is 0 Å². The second-order valence-electron chi connectivity index (χ2n) is 6.26. The molecule has 32 heavy (non-hydrogen) atoms. The van der Waals surface area contributed by atoms with Crippen molar-refractivity contribution in [3.8, 4) is 23.0 Å². The van der Waals surface area contributed by atoms with Gasteiger partial charge < -0.3 is 42.6 Å². The summed E-state index contributed by atoms with van der Waals surface area (Å²) >= 11 is 0. The highest BCUT2D eigenvalue weighted by Crippen LogP contribution is 2.51. The molecule has 0 aromatic heterocycles. The molecule has 5 N–H and O–H groups in total. The van der Waals surface area contributed by atoms with Crippen LogP contribution in [-0.2, 0) is 13.7 Å². The molecular weight excluding hydrogens is 508 g/mol. The summed E-state index contributed by atoms with van der Waals surface area (Å²) in [6.45, 7) is 0. The summed E-state index contributed by atoms with van der Waals surface area (Å²) in [6, 6.07) is 8.45. The van der Waals surface area contributed by atoms with Crippen molar-refractivity contribution >= 4 is 65.7 Å². The summed E-state index contributed by atoms with van der Waals surface area (Å²) < 4.78 is 54.2. The van der Waals surface area contributed by atoms with Gasteiger partial charge in [0.15, 0.2) is 0 Å². The third-order valence-corrected chi connectivity index (χ3v) is 6.06. The Kier molecular flexibility index (Phi) is 6.61. The van der Waals surface area contributed by atoms with Gasteiger partial charge in [-0.05, 0) is 24.3 Å². The van der Waals surface area contributed by atoms with Crippen LogP contribution in [0.2, 0.25) is 0 Å². The van der Waals surface area contributed by atoms with Gasteiger partial charge in [-0.2, -0.15) is 0 Å². The predicted octanol–water partition coefficient (Wildman–Crippen LogP) is 3.46. The quantitative estimate of drug-likeness (QED) is 0.168. The number of hydrogen-bond donors (Lipinski definition) is 5. The highest BCUT2D eigenvalue weighted by atomic mass is 31.2. The second-order valence-corrected chi connectivity index (χ2v) is 9.16. The van der Waals surface area contributed by atoms with Crippen LogP contribution in [0.15, 0.2) is 36.4 Å². The first-order valence-corrected chi connectivity index (χ1v) is 13.5. The molecule has 12 nitrogen and oxygen atoms in total. The maximum absolute atomic E-state index is 11.4. The summed E-state index contributed by atoms with van der Waals surface area (Å²) in [6.07, 6.45) is 0. The third kappa shape index (κ3) is 4.43. The van der Waals surface area contributed by atoms with Crippen LogP contribution in [0.4, 0.5) is 0 Å². The second kappa shape index (κ2) is 9.12. The van der Waals surface area contributed by atoms with Crippen LogP contribution in [0, 0.1) is 0 Å². The largest absolute Gasteiger partial charge is 0.426 e. The van der Waals surface area contributed by atoms with Gasteiger partial charge in [0.05, 0.1) is 0 Å². The molecule has 0 amide bonds. The molecule has 0 radical (unpaired) electrons. The van der Waals surface area contributed by atoms with Crippen molar-refractivity contribution in [2.75, 3.05) is 0 Å². The van der Waals surface area contributed by atoms with Gasteiger partial charge in [0.2, 0.25) is 0 Å². The SMILES string of the molecule is O=[PH](O)Oc1cc(OP(O)O)c2ccc3c(O[PH](=O)O)cc(O[PH](=O)O)c4ccc1c2c34. The van der Waals surface area contributed by atoms with E-state index in [-0.39, 0.29) is 23.0 Å². The van der Waals surface area contributed by atoms with Crippen molar-refractivity contribution in [1.82, 2.24) is 0 Å². The molecule has 170 valence electrons. The molecule has 0 saturated carbocycles. The Morgan fingerprint density at radius 2 is 0.906 bits per heavy atom. The van der Waals surface area contributed by atoms with E-state index < -0.39 is 33.4 Å². The Morgan fingerprint density at radius 1 is 0.594 bits per heavy atom. The molecule has 0 fully saturated rings. The molecule has 0 aliphatic carbocycles. The monoisotopic (exact) mass is 522 g/mol. The third-order valence-electron chi connectivity index (χ3n) is 4.52. The molecule has 0 aliphatic rings. The number of rotatable bonds is 8. The van der Waals surface area contributed by atoms with Crippen LogP contribution < -0.4 is 18.1 Å². The van der Waals surface area contributed by atoms with Crippen molar-refractivity contribution in [2.45, 2.75) is 0 Å². The molecule has 0 heterocycles. The van der Waals surface area contributed by atoms with Gasteiger partial charge in [-0.3, -0.25) is 0 Å². The summed E-state index contributed by atoms with van der Waals surface area (Å²) in [4.78, 5) is 46.6. The zero-order chi connectivity index (χ0) is 23.2. The van der Waals surface area contributed by atoms with Crippen LogP contribution in [-0.4, -0.2) is 24.5 Å². The Bertz CT molecular complexity index is 1370. The van der Waals surface area contributed by atoms with Crippen molar-refractivity contribution in [3.63, 3.8) is 0 Å². The summed E-state index contributed by atoms with van der Waals surface area (Å²) in [5.74, 6) is -0.424. The van der Waals surface area contributed by atoms with Crippen LogP contribution in [0.3, 0.4) is 0 Å². The summed E-state index contributed by atoms with van der Waals surface area (Å²) in [7, 11) is -13.2. The van der Waals surface area contributed by atoms with Gasteiger partial charge >= 0.3 is 33.4 Å². The topological polar surface area (TPSA) is 189 Å². The minimum Gasteiger partial charge on any atom is -0.426 e. The Hall–Kier alpha value is -1.96. The molecule has 16 heteroatoms. The van der Waals surface area contributed by atoms with E-state index in [1.165, 1.54) is 36.4 Å². The molecule has 4 rings (SSSR count). The smallest absolute Gasteiger partial charge is 0.391 e. The first-order chi connectivity index (χ1) is 15.2. The lowest BCUT2D eigenvalue weighted by molar-refractivity contribution is 0.375. The van der Waals surface area contributed by atoms with Crippen LogP contribution >= 0.6 is 33.4 Å². The maximum atomic E-state index is 11.4. The lowest BCUT2D eigenvalue weighted by atomic mass is 9.92. The van der Waals surface area contributed by atoms with Gasteiger partial charge in [0.25, 0.3) is 0 Å². The van der Waals surface area contributed by atoms with E-state index in [1.54, 1.807) is 0 Å². The van der Waals surface area contributed by atoms with E-state index in [2.05, 4.69) is 0 Å². The van der Waals surface area contributed by atoms with Gasteiger partial charge in [-0.15, -0.1) is 0 Å². The fraction of sp³-hybridized carbons (Fsp3) is 0. The van der Waals surface area contributed by atoms with E-state index in [9.17, 15) is 38.2 Å². The van der Waals surface area contributed by atoms with Crippen molar-refractivity contribution < 1.29 is 56.3 Å². The zero-order valence-corrected chi connectivity index (χ0v) is 19.4. The van der Waals surface area contributed by atoms with Crippen molar-refractivity contribution in [3.05, 3.63) is 36.4 Å². The first kappa shape index (κ1) is 23.2. The maximum Gasteiger partial charge on any atom is 0.391 e. The molecule has 4 aromatic carbocycles. The Balaban J connectivity index is 2.19. The molecule has 0 spiro atoms. The standard InChI is InChI=1S/C16H14O12P4/c17-29(18)25-11-5-13(27-31(21)22)9-3-4-10-14(28-32(23)24)6-12(26-30(19)20)8-2-1-7(11)15(9)16(8)10/h1-6,17-18,30-32H,(H,19,20)(H,21,22)(H,23,24). The minimum absolute atomic E-state index is 0.0819. The normalized spacial score (nSPS) is 14.7.